The first-order valence-corrected chi connectivity index (χ1v) is 22.0. The highest BCUT2D eigenvalue weighted by Crippen LogP contribution is 2.42. The minimum absolute atomic E-state index is 1.13. The lowest BCUT2D eigenvalue weighted by molar-refractivity contribution is 1.16. The standard InChI is InChI=1S/C54H37N3Si/c1-4-19-38(20-5-1)55-47-29-12-10-27-43(47)45-36-46-44-28-11-13-30-48(44)56(52(46)37-51(45)55)39-21-18-22-40(35-39)57-49-31-14-16-33-53(49)58(41-23-6-2-7-24-41,42-25-8-3-9-26-42)54-34-17-15-32-50(54)57/h1-37H. The Morgan fingerprint density at radius 3 is 1.28 bits per heavy atom. The van der Waals surface area contributed by atoms with E-state index in [-0.39, 0.29) is 0 Å². The van der Waals surface area contributed by atoms with Crippen LogP contribution in [0.25, 0.3) is 55.0 Å². The molecule has 3 heterocycles. The van der Waals surface area contributed by atoms with Gasteiger partial charge < -0.3 is 14.0 Å². The summed E-state index contributed by atoms with van der Waals surface area (Å²) >= 11 is 0. The zero-order valence-corrected chi connectivity index (χ0v) is 32.7. The molecule has 4 heteroatoms. The van der Waals surface area contributed by atoms with E-state index in [1.54, 1.807) is 0 Å². The lowest BCUT2D eigenvalue weighted by atomic mass is 10.1. The molecule has 1 aliphatic rings. The van der Waals surface area contributed by atoms with Crippen LogP contribution in [0.2, 0.25) is 0 Å². The van der Waals surface area contributed by atoms with E-state index in [2.05, 4.69) is 238 Å². The number of hydrogen-bond acceptors (Lipinski definition) is 1. The van der Waals surface area contributed by atoms with Crippen molar-refractivity contribution in [2.75, 3.05) is 4.90 Å². The Hall–Kier alpha value is -7.40. The second-order valence-electron chi connectivity index (χ2n) is 15.3. The van der Waals surface area contributed by atoms with Gasteiger partial charge in [0.05, 0.1) is 22.1 Å². The number of rotatable bonds is 5. The van der Waals surface area contributed by atoms with Gasteiger partial charge in [-0.15, -0.1) is 0 Å². The minimum atomic E-state index is -2.71. The molecule has 58 heavy (non-hydrogen) atoms. The van der Waals surface area contributed by atoms with Gasteiger partial charge in [-0.05, 0) is 87.5 Å². The molecule has 0 saturated carbocycles. The third kappa shape index (κ3) is 4.61. The van der Waals surface area contributed by atoms with Crippen LogP contribution in [-0.2, 0) is 0 Å². The van der Waals surface area contributed by atoms with Crippen molar-refractivity contribution in [3.05, 3.63) is 224 Å². The van der Waals surface area contributed by atoms with Crippen molar-refractivity contribution in [2.24, 2.45) is 0 Å². The Bertz CT molecular complexity index is 3260. The lowest BCUT2D eigenvalue weighted by Gasteiger charge is -2.45. The van der Waals surface area contributed by atoms with E-state index in [0.29, 0.717) is 0 Å². The first-order chi connectivity index (χ1) is 28.8. The van der Waals surface area contributed by atoms with E-state index >= 15 is 0 Å². The highest BCUT2D eigenvalue weighted by atomic mass is 28.3. The third-order valence-electron chi connectivity index (χ3n) is 12.3. The van der Waals surface area contributed by atoms with E-state index in [1.807, 2.05) is 0 Å². The zero-order chi connectivity index (χ0) is 38.2. The Balaban J connectivity index is 1.12. The van der Waals surface area contributed by atoms with E-state index in [0.717, 1.165) is 17.1 Å². The Kier molecular flexibility index (Phi) is 7.25. The summed E-state index contributed by atoms with van der Waals surface area (Å²) in [5.74, 6) is 0. The Labute approximate surface area is 337 Å². The van der Waals surface area contributed by atoms with Gasteiger partial charge in [-0.3, -0.25) is 0 Å². The maximum Gasteiger partial charge on any atom is 0.184 e. The quantitative estimate of drug-likeness (QED) is 0.159. The molecule has 2 aromatic heterocycles. The molecule has 272 valence electrons. The molecule has 0 amide bonds. The van der Waals surface area contributed by atoms with E-state index in [9.17, 15) is 0 Å². The summed E-state index contributed by atoms with van der Waals surface area (Å²) in [4.78, 5) is 2.50. The summed E-state index contributed by atoms with van der Waals surface area (Å²) in [5, 5.41) is 10.6. The largest absolute Gasteiger partial charge is 0.311 e. The van der Waals surface area contributed by atoms with Gasteiger partial charge in [-0.1, -0.05) is 158 Å². The average molecular weight is 756 g/mol. The van der Waals surface area contributed by atoms with Crippen LogP contribution < -0.4 is 25.6 Å². The van der Waals surface area contributed by atoms with Gasteiger partial charge in [0.15, 0.2) is 8.07 Å². The first kappa shape index (κ1) is 32.8. The molecule has 0 atom stereocenters. The smallest absolute Gasteiger partial charge is 0.184 e. The molecule has 0 fully saturated rings. The van der Waals surface area contributed by atoms with Crippen molar-refractivity contribution >= 4 is 89.5 Å². The fraction of sp³-hybridized carbons (Fsp3) is 0. The maximum absolute atomic E-state index is 2.71. The topological polar surface area (TPSA) is 13.1 Å². The summed E-state index contributed by atoms with van der Waals surface area (Å²) in [6.07, 6.45) is 0. The van der Waals surface area contributed by atoms with Crippen LogP contribution in [0.15, 0.2) is 224 Å². The fourth-order valence-corrected chi connectivity index (χ4v) is 15.1. The third-order valence-corrected chi connectivity index (χ3v) is 17.2. The molecular formula is C54H37N3Si. The van der Waals surface area contributed by atoms with Gasteiger partial charge >= 0.3 is 0 Å². The number of fused-ring (bicyclic) bond motifs is 8. The van der Waals surface area contributed by atoms with Gasteiger partial charge in [0.2, 0.25) is 0 Å². The Morgan fingerprint density at radius 2 is 0.707 bits per heavy atom. The lowest BCUT2D eigenvalue weighted by Crippen LogP contribution is -2.77. The maximum atomic E-state index is 2.50. The highest BCUT2D eigenvalue weighted by Gasteiger charge is 2.48. The van der Waals surface area contributed by atoms with Gasteiger partial charge in [0, 0.05) is 50.0 Å². The molecule has 3 nitrogen and oxygen atoms in total. The second-order valence-corrected chi connectivity index (χ2v) is 19.0. The first-order valence-electron chi connectivity index (χ1n) is 20.0. The van der Waals surface area contributed by atoms with Gasteiger partial charge in [0.25, 0.3) is 0 Å². The van der Waals surface area contributed by atoms with Crippen LogP contribution in [0.1, 0.15) is 0 Å². The summed E-state index contributed by atoms with van der Waals surface area (Å²) in [7, 11) is -2.71. The van der Waals surface area contributed by atoms with Crippen molar-refractivity contribution in [1.82, 2.24) is 9.13 Å². The summed E-state index contributed by atoms with van der Waals surface area (Å²) in [6.45, 7) is 0. The number of hydrogen-bond donors (Lipinski definition) is 0. The predicted molar refractivity (Wildman–Crippen MR) is 247 cm³/mol. The number of benzene rings is 9. The van der Waals surface area contributed by atoms with Crippen molar-refractivity contribution in [1.29, 1.82) is 0 Å². The SMILES string of the molecule is c1ccc(-n2c3ccccc3c3cc4c5ccccc5n(-c5cccc(N6c7ccccc7[Si](c7ccccc7)(c7ccccc7)c7ccccc76)c5)c4cc32)cc1. The molecule has 0 bridgehead atoms. The summed E-state index contributed by atoms with van der Waals surface area (Å²) in [5.41, 5.74) is 10.7. The van der Waals surface area contributed by atoms with E-state index in [4.69, 9.17) is 0 Å². The molecular weight excluding hydrogens is 719 g/mol. The molecule has 0 radical (unpaired) electrons. The molecule has 0 unspecified atom stereocenters. The molecule has 0 aliphatic carbocycles. The minimum Gasteiger partial charge on any atom is -0.311 e. The van der Waals surface area contributed by atoms with Crippen molar-refractivity contribution in [3.8, 4) is 11.4 Å². The molecule has 9 aromatic carbocycles. The molecule has 0 N–H and O–H groups in total. The van der Waals surface area contributed by atoms with Gasteiger partial charge in [-0.2, -0.15) is 0 Å². The monoisotopic (exact) mass is 755 g/mol. The second kappa shape index (κ2) is 12.8. The number of para-hydroxylation sites is 5. The average Bonchev–Trinajstić information content (AvgIpc) is 3.80. The normalized spacial score (nSPS) is 13.3. The summed E-state index contributed by atoms with van der Waals surface area (Å²) in [6, 6.07) is 83.1. The van der Waals surface area contributed by atoms with Crippen LogP contribution in [0, 0.1) is 0 Å². The Morgan fingerprint density at radius 1 is 0.276 bits per heavy atom. The van der Waals surface area contributed by atoms with Crippen LogP contribution in [0.5, 0.6) is 0 Å². The van der Waals surface area contributed by atoms with Crippen LogP contribution >= 0.6 is 0 Å². The van der Waals surface area contributed by atoms with Crippen molar-refractivity contribution in [3.63, 3.8) is 0 Å². The van der Waals surface area contributed by atoms with Crippen molar-refractivity contribution in [2.45, 2.75) is 0 Å². The van der Waals surface area contributed by atoms with E-state index < -0.39 is 8.07 Å². The molecule has 0 spiro atoms. The van der Waals surface area contributed by atoms with Crippen LogP contribution in [0.4, 0.5) is 17.1 Å². The summed E-state index contributed by atoms with van der Waals surface area (Å²) < 4.78 is 4.88. The van der Waals surface area contributed by atoms with Gasteiger partial charge in [0.1, 0.15) is 0 Å². The van der Waals surface area contributed by atoms with Crippen LogP contribution in [-0.4, -0.2) is 17.2 Å². The predicted octanol–water partition coefficient (Wildman–Crippen LogP) is 11.0. The zero-order valence-electron chi connectivity index (χ0n) is 31.7. The van der Waals surface area contributed by atoms with E-state index in [1.165, 1.54) is 75.7 Å². The van der Waals surface area contributed by atoms with Gasteiger partial charge in [-0.25, -0.2) is 0 Å². The number of nitrogens with zero attached hydrogens (tertiary/aromatic N) is 3. The molecule has 1 aliphatic heterocycles. The molecule has 11 aromatic rings. The van der Waals surface area contributed by atoms with Crippen molar-refractivity contribution < 1.29 is 0 Å². The highest BCUT2D eigenvalue weighted by molar-refractivity contribution is 7.21. The fourth-order valence-electron chi connectivity index (χ4n) is 10.0. The molecule has 12 rings (SSSR count). The molecule has 0 saturated heterocycles. The number of anilines is 3. The van der Waals surface area contributed by atoms with Crippen LogP contribution in [0.3, 0.4) is 0 Å². The number of aromatic nitrogens is 2.